The third-order valence-electron chi connectivity index (χ3n) is 3.59. The van der Waals surface area contributed by atoms with E-state index >= 15 is 0 Å². The maximum Gasteiger partial charge on any atom is 0.153 e. The zero-order valence-corrected chi connectivity index (χ0v) is 12.4. The molecule has 19 heavy (non-hydrogen) atoms. The topological polar surface area (TPSA) is 46.2 Å². The molecule has 5 heteroatoms. The zero-order chi connectivity index (χ0) is 13.5. The van der Waals surface area contributed by atoms with Crippen molar-refractivity contribution in [2.75, 3.05) is 11.5 Å². The molecule has 1 aliphatic rings. The van der Waals surface area contributed by atoms with Crippen LogP contribution in [0.1, 0.15) is 24.3 Å². The minimum absolute atomic E-state index is 0.0545. The average molecular weight is 295 g/mol. The predicted molar refractivity (Wildman–Crippen MR) is 80.4 cm³/mol. The molecule has 1 aromatic heterocycles. The zero-order valence-electron chi connectivity index (χ0n) is 10.8. The minimum atomic E-state index is -2.93. The van der Waals surface area contributed by atoms with Gasteiger partial charge in [0.25, 0.3) is 0 Å². The fourth-order valence-electron chi connectivity index (χ4n) is 2.58. The largest absolute Gasteiger partial charge is 0.305 e. The molecule has 1 fully saturated rings. The summed E-state index contributed by atoms with van der Waals surface area (Å²) in [5.41, 5.74) is 0. The highest BCUT2D eigenvalue weighted by atomic mass is 32.2. The van der Waals surface area contributed by atoms with Crippen molar-refractivity contribution in [3.05, 3.63) is 35.2 Å². The first-order valence-corrected chi connectivity index (χ1v) is 9.16. The summed E-state index contributed by atoms with van der Waals surface area (Å²) in [6.45, 7) is 2.03. The van der Waals surface area contributed by atoms with Gasteiger partial charge in [-0.2, -0.15) is 0 Å². The highest BCUT2D eigenvalue weighted by Gasteiger charge is 2.31. The van der Waals surface area contributed by atoms with Crippen LogP contribution in [0.4, 0.5) is 0 Å². The van der Waals surface area contributed by atoms with Gasteiger partial charge in [-0.1, -0.05) is 25.1 Å². The fraction of sp³-hybridized carbons (Fsp3) is 0.429. The number of rotatable bonds is 2. The van der Waals surface area contributed by atoms with Gasteiger partial charge in [0, 0.05) is 15.6 Å². The van der Waals surface area contributed by atoms with Crippen molar-refractivity contribution in [1.29, 1.82) is 0 Å². The molecule has 2 unspecified atom stereocenters. The Labute approximate surface area is 117 Å². The van der Waals surface area contributed by atoms with Gasteiger partial charge in [0.05, 0.1) is 17.5 Å². The van der Waals surface area contributed by atoms with Gasteiger partial charge < -0.3 is 5.32 Å². The number of nitrogens with one attached hydrogen (secondary N) is 1. The van der Waals surface area contributed by atoms with Crippen molar-refractivity contribution in [1.82, 2.24) is 5.32 Å². The SMILES string of the molecule is CCC1CS(=O)(=O)CC(c2cc3ccccc3s2)N1. The van der Waals surface area contributed by atoms with Crippen LogP contribution in [-0.4, -0.2) is 26.0 Å². The summed E-state index contributed by atoms with van der Waals surface area (Å²) in [5, 5.41) is 4.66. The maximum absolute atomic E-state index is 12.0. The van der Waals surface area contributed by atoms with Crippen LogP contribution in [0.25, 0.3) is 10.1 Å². The average Bonchev–Trinajstić information content (AvgIpc) is 2.80. The molecular formula is C14H17NO2S2. The first-order chi connectivity index (χ1) is 9.07. The summed E-state index contributed by atoms with van der Waals surface area (Å²) < 4.78 is 25.2. The van der Waals surface area contributed by atoms with E-state index in [1.54, 1.807) is 11.3 Å². The number of hydrogen-bond donors (Lipinski definition) is 1. The minimum Gasteiger partial charge on any atom is -0.305 e. The van der Waals surface area contributed by atoms with E-state index in [0.717, 1.165) is 11.3 Å². The Morgan fingerprint density at radius 1 is 1.32 bits per heavy atom. The summed E-state index contributed by atoms with van der Waals surface area (Å²) in [7, 11) is -2.93. The van der Waals surface area contributed by atoms with Crippen LogP contribution < -0.4 is 5.32 Å². The van der Waals surface area contributed by atoms with Crippen LogP contribution in [0.2, 0.25) is 0 Å². The molecule has 1 aliphatic heterocycles. The second kappa shape index (κ2) is 4.89. The van der Waals surface area contributed by atoms with Gasteiger partial charge in [-0.05, 0) is 23.9 Å². The Bertz CT molecular complexity index is 657. The van der Waals surface area contributed by atoms with E-state index in [9.17, 15) is 8.42 Å². The highest BCUT2D eigenvalue weighted by Crippen LogP contribution is 2.32. The lowest BCUT2D eigenvalue weighted by Gasteiger charge is -2.29. The smallest absolute Gasteiger partial charge is 0.153 e. The lowest BCUT2D eigenvalue weighted by Crippen LogP contribution is -2.46. The predicted octanol–water partition coefficient (Wildman–Crippen LogP) is 2.74. The van der Waals surface area contributed by atoms with E-state index in [4.69, 9.17) is 0 Å². The second-order valence-corrected chi connectivity index (χ2v) is 8.36. The van der Waals surface area contributed by atoms with E-state index in [1.807, 2.05) is 19.1 Å². The van der Waals surface area contributed by atoms with E-state index in [-0.39, 0.29) is 23.6 Å². The van der Waals surface area contributed by atoms with Gasteiger partial charge in [0.1, 0.15) is 0 Å². The molecule has 1 aromatic carbocycles. The molecule has 0 aliphatic carbocycles. The molecule has 2 aromatic rings. The van der Waals surface area contributed by atoms with Gasteiger partial charge in [-0.25, -0.2) is 8.42 Å². The molecular weight excluding hydrogens is 278 g/mol. The standard InChI is InChI=1S/C14H17NO2S2/c1-2-11-8-19(16,17)9-12(15-11)14-7-10-5-3-4-6-13(10)18-14/h3-7,11-12,15H,2,8-9H2,1H3. The van der Waals surface area contributed by atoms with Crippen LogP contribution in [0, 0.1) is 0 Å². The molecule has 3 rings (SSSR count). The molecule has 0 radical (unpaired) electrons. The van der Waals surface area contributed by atoms with E-state index in [1.165, 1.54) is 10.1 Å². The molecule has 1 N–H and O–H groups in total. The fourth-order valence-corrected chi connectivity index (χ4v) is 5.68. The van der Waals surface area contributed by atoms with Crippen LogP contribution in [0.5, 0.6) is 0 Å². The van der Waals surface area contributed by atoms with Crippen molar-refractivity contribution in [3.63, 3.8) is 0 Å². The third-order valence-corrected chi connectivity index (χ3v) is 6.57. The first kappa shape index (κ1) is 13.1. The molecule has 102 valence electrons. The molecule has 2 atom stereocenters. The highest BCUT2D eigenvalue weighted by molar-refractivity contribution is 7.91. The van der Waals surface area contributed by atoms with Gasteiger partial charge >= 0.3 is 0 Å². The van der Waals surface area contributed by atoms with Crippen molar-refractivity contribution >= 4 is 31.3 Å². The van der Waals surface area contributed by atoms with E-state index in [2.05, 4.69) is 23.5 Å². The van der Waals surface area contributed by atoms with E-state index < -0.39 is 9.84 Å². The number of thiophene rings is 1. The monoisotopic (exact) mass is 295 g/mol. The summed E-state index contributed by atoms with van der Waals surface area (Å²) in [5.74, 6) is 0.487. The number of hydrogen-bond acceptors (Lipinski definition) is 4. The lowest BCUT2D eigenvalue weighted by molar-refractivity contribution is 0.444. The first-order valence-electron chi connectivity index (χ1n) is 6.52. The molecule has 0 saturated carbocycles. The summed E-state index contributed by atoms with van der Waals surface area (Å²) >= 11 is 1.69. The van der Waals surface area contributed by atoms with Gasteiger partial charge in [0.2, 0.25) is 0 Å². The van der Waals surface area contributed by atoms with Gasteiger partial charge in [-0.15, -0.1) is 11.3 Å². The van der Waals surface area contributed by atoms with Crippen LogP contribution in [0.3, 0.4) is 0 Å². The van der Waals surface area contributed by atoms with Crippen molar-refractivity contribution in [2.45, 2.75) is 25.4 Å². The molecule has 0 amide bonds. The van der Waals surface area contributed by atoms with Crippen molar-refractivity contribution < 1.29 is 8.42 Å². The van der Waals surface area contributed by atoms with Gasteiger partial charge in [-0.3, -0.25) is 0 Å². The Morgan fingerprint density at radius 2 is 2.11 bits per heavy atom. The Kier molecular flexibility index (Phi) is 3.37. The van der Waals surface area contributed by atoms with Gasteiger partial charge in [0.15, 0.2) is 9.84 Å². The van der Waals surface area contributed by atoms with Crippen LogP contribution in [0.15, 0.2) is 30.3 Å². The quantitative estimate of drug-likeness (QED) is 0.926. The Morgan fingerprint density at radius 3 is 2.84 bits per heavy atom. The third kappa shape index (κ3) is 2.68. The Balaban J connectivity index is 1.96. The molecule has 3 nitrogen and oxygen atoms in total. The molecule has 0 spiro atoms. The molecule has 0 bridgehead atoms. The summed E-state index contributed by atoms with van der Waals surface area (Å²) in [4.78, 5) is 1.13. The van der Waals surface area contributed by atoms with Crippen molar-refractivity contribution in [3.8, 4) is 0 Å². The summed E-state index contributed by atoms with van der Waals surface area (Å²) in [6.07, 6.45) is 0.848. The Hall–Kier alpha value is -0.910. The lowest BCUT2D eigenvalue weighted by atomic mass is 10.1. The number of sulfone groups is 1. The summed E-state index contributed by atoms with van der Waals surface area (Å²) in [6, 6.07) is 10.3. The normalized spacial score (nSPS) is 26.6. The molecule has 2 heterocycles. The second-order valence-electron chi connectivity index (χ2n) is 5.09. The van der Waals surface area contributed by atoms with Crippen molar-refractivity contribution in [2.24, 2.45) is 0 Å². The number of benzene rings is 1. The maximum atomic E-state index is 12.0. The number of fused-ring (bicyclic) bond motifs is 1. The van der Waals surface area contributed by atoms with Crippen LogP contribution in [-0.2, 0) is 9.84 Å². The van der Waals surface area contributed by atoms with E-state index in [0.29, 0.717) is 0 Å². The molecule has 1 saturated heterocycles. The van der Waals surface area contributed by atoms with Crippen LogP contribution >= 0.6 is 11.3 Å².